The first kappa shape index (κ1) is 21.1. The van der Waals surface area contributed by atoms with E-state index >= 15 is 0 Å². The number of sulfonamides is 1. The van der Waals surface area contributed by atoms with Gasteiger partial charge in [-0.25, -0.2) is 17.5 Å². The summed E-state index contributed by atoms with van der Waals surface area (Å²) in [6.07, 6.45) is 0. The molecule has 29 heavy (non-hydrogen) atoms. The van der Waals surface area contributed by atoms with E-state index in [-0.39, 0.29) is 37.9 Å². The maximum atomic E-state index is 13.6. The molecule has 0 bridgehead atoms. The van der Waals surface area contributed by atoms with E-state index in [0.29, 0.717) is 0 Å². The molecular weight excluding hydrogens is 443 g/mol. The fourth-order valence-corrected chi connectivity index (χ4v) is 4.43. The van der Waals surface area contributed by atoms with Gasteiger partial charge >= 0.3 is 0 Å². The summed E-state index contributed by atoms with van der Waals surface area (Å²) in [6, 6.07) is 9.88. The van der Waals surface area contributed by atoms with E-state index in [4.69, 9.17) is 16.3 Å². The number of nitrogens with one attached hydrogen (secondary N) is 2. The zero-order valence-electron chi connectivity index (χ0n) is 14.8. The smallest absolute Gasteiger partial charge is 0.286 e. The van der Waals surface area contributed by atoms with Crippen molar-refractivity contribution in [1.29, 1.82) is 0 Å². The number of nitrogens with zero attached hydrogens (tertiary/aromatic N) is 2. The Morgan fingerprint density at radius 3 is 2.72 bits per heavy atom. The van der Waals surface area contributed by atoms with Gasteiger partial charge in [-0.2, -0.15) is 0 Å². The van der Waals surface area contributed by atoms with Gasteiger partial charge in [-0.1, -0.05) is 35.1 Å². The number of carbonyl (C=O) groups is 1. The maximum Gasteiger partial charge on any atom is 0.286 e. The molecule has 12 heteroatoms. The first-order chi connectivity index (χ1) is 13.8. The van der Waals surface area contributed by atoms with Crippen LogP contribution in [0.3, 0.4) is 0 Å². The fraction of sp³-hybridized carbons (Fsp3) is 0.118. The lowest BCUT2D eigenvalue weighted by Gasteiger charge is -2.10. The molecule has 2 N–H and O–H groups in total. The summed E-state index contributed by atoms with van der Waals surface area (Å²) in [5.41, 5.74) is 0.00278. The lowest BCUT2D eigenvalue weighted by molar-refractivity contribution is 0.102. The van der Waals surface area contributed by atoms with E-state index in [1.54, 1.807) is 6.07 Å². The molecule has 0 aliphatic heterocycles. The molecule has 0 atom stereocenters. The van der Waals surface area contributed by atoms with Gasteiger partial charge in [-0.3, -0.25) is 4.79 Å². The molecule has 0 unspecified atom stereocenters. The Labute approximate surface area is 174 Å². The Balaban J connectivity index is 1.70. The van der Waals surface area contributed by atoms with Gasteiger partial charge < -0.3 is 10.1 Å². The summed E-state index contributed by atoms with van der Waals surface area (Å²) < 4.78 is 46.1. The third kappa shape index (κ3) is 5.07. The monoisotopic (exact) mass is 456 g/mol. The molecule has 0 spiro atoms. The van der Waals surface area contributed by atoms with Gasteiger partial charge in [0.2, 0.25) is 15.0 Å². The van der Waals surface area contributed by atoms with E-state index in [0.717, 1.165) is 11.3 Å². The minimum atomic E-state index is -3.96. The van der Waals surface area contributed by atoms with Gasteiger partial charge in [-0.15, -0.1) is 10.2 Å². The van der Waals surface area contributed by atoms with E-state index in [9.17, 15) is 17.6 Å². The number of hydrogen-bond donors (Lipinski definition) is 2. The molecule has 1 amide bonds. The quantitative estimate of drug-likeness (QED) is 0.565. The number of aromatic nitrogens is 2. The minimum absolute atomic E-state index is 0.00278. The number of ether oxygens (including phenoxy) is 1. The van der Waals surface area contributed by atoms with Crippen molar-refractivity contribution in [2.45, 2.75) is 11.4 Å². The average molecular weight is 457 g/mol. The van der Waals surface area contributed by atoms with Gasteiger partial charge in [0, 0.05) is 5.02 Å². The summed E-state index contributed by atoms with van der Waals surface area (Å²) in [7, 11) is -2.62. The van der Waals surface area contributed by atoms with Crippen LogP contribution >= 0.6 is 22.9 Å². The first-order valence-electron chi connectivity index (χ1n) is 8.01. The second-order valence-electron chi connectivity index (χ2n) is 5.55. The molecule has 1 heterocycles. The van der Waals surface area contributed by atoms with Crippen LogP contribution in [0.2, 0.25) is 5.02 Å². The lowest BCUT2D eigenvalue weighted by atomic mass is 10.3. The second kappa shape index (κ2) is 8.82. The van der Waals surface area contributed by atoms with Crippen LogP contribution in [0.5, 0.6) is 5.75 Å². The molecule has 152 valence electrons. The predicted molar refractivity (Wildman–Crippen MR) is 106 cm³/mol. The van der Waals surface area contributed by atoms with Crippen LogP contribution in [0.4, 0.5) is 10.1 Å². The predicted octanol–water partition coefficient (Wildman–Crippen LogP) is 3.07. The molecule has 1 aromatic heterocycles. The summed E-state index contributed by atoms with van der Waals surface area (Å²) >= 11 is 6.75. The molecule has 0 aliphatic rings. The van der Waals surface area contributed by atoms with Gasteiger partial charge in [0.1, 0.15) is 21.5 Å². The molecular formula is C17H14ClFN4O4S2. The number of amides is 1. The fourth-order valence-electron chi connectivity index (χ4n) is 2.25. The van der Waals surface area contributed by atoms with Crippen LogP contribution < -0.4 is 14.8 Å². The summed E-state index contributed by atoms with van der Waals surface area (Å²) in [5, 5.41) is 10.3. The number of benzene rings is 2. The number of halogens is 2. The van der Waals surface area contributed by atoms with E-state index < -0.39 is 21.7 Å². The summed E-state index contributed by atoms with van der Waals surface area (Å²) in [6.45, 7) is -0.206. The molecule has 2 aromatic carbocycles. The average Bonchev–Trinajstić information content (AvgIpc) is 3.17. The van der Waals surface area contributed by atoms with Crippen LogP contribution in [-0.2, 0) is 16.6 Å². The number of para-hydroxylation sites is 1. The summed E-state index contributed by atoms with van der Waals surface area (Å²) in [4.78, 5) is 12.1. The molecule has 0 radical (unpaired) electrons. The van der Waals surface area contributed by atoms with Gasteiger partial charge in [-0.05, 0) is 30.3 Å². The van der Waals surface area contributed by atoms with Crippen molar-refractivity contribution >= 4 is 44.6 Å². The van der Waals surface area contributed by atoms with Crippen LogP contribution in [-0.4, -0.2) is 31.6 Å². The SMILES string of the molecule is COc1ccc(Cl)cc1S(=O)(=O)NCc1nnc(C(=O)Nc2ccccc2F)s1. The van der Waals surface area contributed by atoms with Crippen molar-refractivity contribution in [3.8, 4) is 5.75 Å². The van der Waals surface area contributed by atoms with Gasteiger partial charge in [0.15, 0.2) is 0 Å². The van der Waals surface area contributed by atoms with Crippen molar-refractivity contribution in [2.24, 2.45) is 0 Å². The minimum Gasteiger partial charge on any atom is -0.495 e. The molecule has 8 nitrogen and oxygen atoms in total. The van der Waals surface area contributed by atoms with Crippen LogP contribution in [0.15, 0.2) is 47.4 Å². The Morgan fingerprint density at radius 2 is 2.00 bits per heavy atom. The van der Waals surface area contributed by atoms with E-state index in [2.05, 4.69) is 20.2 Å². The Morgan fingerprint density at radius 1 is 1.24 bits per heavy atom. The number of hydrogen-bond acceptors (Lipinski definition) is 7. The maximum absolute atomic E-state index is 13.6. The van der Waals surface area contributed by atoms with Crippen molar-refractivity contribution in [1.82, 2.24) is 14.9 Å². The van der Waals surface area contributed by atoms with E-state index in [1.807, 2.05) is 0 Å². The van der Waals surface area contributed by atoms with Crippen molar-refractivity contribution in [3.05, 3.63) is 63.3 Å². The van der Waals surface area contributed by atoms with Crippen LogP contribution in [0, 0.1) is 5.82 Å². The highest BCUT2D eigenvalue weighted by Gasteiger charge is 2.21. The first-order valence-corrected chi connectivity index (χ1v) is 10.7. The van der Waals surface area contributed by atoms with Crippen molar-refractivity contribution in [2.75, 3.05) is 12.4 Å². The highest BCUT2D eigenvalue weighted by molar-refractivity contribution is 7.89. The van der Waals surface area contributed by atoms with Gasteiger partial charge in [0.05, 0.1) is 19.3 Å². The molecule has 3 aromatic rings. The highest BCUT2D eigenvalue weighted by atomic mass is 35.5. The Bertz CT molecular complexity index is 1150. The highest BCUT2D eigenvalue weighted by Crippen LogP contribution is 2.27. The van der Waals surface area contributed by atoms with Crippen molar-refractivity contribution < 1.29 is 22.3 Å². The van der Waals surface area contributed by atoms with E-state index in [1.165, 1.54) is 43.5 Å². The molecule has 0 fully saturated rings. The largest absolute Gasteiger partial charge is 0.495 e. The lowest BCUT2D eigenvalue weighted by Crippen LogP contribution is -2.23. The number of anilines is 1. The number of methoxy groups -OCH3 is 1. The van der Waals surface area contributed by atoms with Crippen LogP contribution in [0.25, 0.3) is 0 Å². The topological polar surface area (TPSA) is 110 Å². The zero-order chi connectivity index (χ0) is 21.0. The number of carbonyl (C=O) groups excluding carboxylic acids is 1. The number of rotatable bonds is 7. The normalized spacial score (nSPS) is 11.3. The second-order valence-corrected chi connectivity index (χ2v) is 8.79. The molecule has 0 saturated heterocycles. The van der Waals surface area contributed by atoms with Gasteiger partial charge in [0.25, 0.3) is 5.91 Å². The van der Waals surface area contributed by atoms with Crippen molar-refractivity contribution in [3.63, 3.8) is 0 Å². The molecule has 3 rings (SSSR count). The standard InChI is InChI=1S/C17H14ClFN4O4S2/c1-27-13-7-6-10(18)8-14(13)29(25,26)20-9-15-22-23-17(28-15)16(24)21-12-5-3-2-4-11(12)19/h2-8,20H,9H2,1H3,(H,21,24). The third-order valence-electron chi connectivity index (χ3n) is 3.61. The van der Waals surface area contributed by atoms with Crippen LogP contribution in [0.1, 0.15) is 14.8 Å². The zero-order valence-corrected chi connectivity index (χ0v) is 17.2. The Kier molecular flexibility index (Phi) is 6.42. The molecule has 0 saturated carbocycles. The third-order valence-corrected chi connectivity index (χ3v) is 6.19. The Hall–Kier alpha value is -2.60. The summed E-state index contributed by atoms with van der Waals surface area (Å²) in [5.74, 6) is -1.11. The molecule has 0 aliphatic carbocycles.